The van der Waals surface area contributed by atoms with Crippen LogP contribution in [0.3, 0.4) is 0 Å². The SMILES string of the molecule is CC(C(=O)O)N(C)c1cccc(C2CC(C)(C)c3cccc(C(=O)O)c3N2)c1. The number of nitrogens with zero attached hydrogens (tertiary/aromatic N) is 1. The molecule has 3 rings (SSSR count). The molecule has 1 heterocycles. The van der Waals surface area contributed by atoms with Gasteiger partial charge in [-0.25, -0.2) is 9.59 Å². The Hall–Kier alpha value is -3.02. The monoisotopic (exact) mass is 382 g/mol. The minimum Gasteiger partial charge on any atom is -0.480 e. The van der Waals surface area contributed by atoms with Crippen LogP contribution in [0.15, 0.2) is 42.5 Å². The van der Waals surface area contributed by atoms with E-state index in [1.165, 1.54) is 0 Å². The van der Waals surface area contributed by atoms with Crippen LogP contribution in [0.1, 0.15) is 54.7 Å². The maximum absolute atomic E-state index is 11.7. The number of hydrogen-bond donors (Lipinski definition) is 3. The molecule has 148 valence electrons. The third kappa shape index (κ3) is 3.54. The Balaban J connectivity index is 1.99. The molecular weight excluding hydrogens is 356 g/mol. The topological polar surface area (TPSA) is 89.9 Å². The van der Waals surface area contributed by atoms with Crippen molar-refractivity contribution in [2.45, 2.75) is 44.7 Å². The smallest absolute Gasteiger partial charge is 0.337 e. The van der Waals surface area contributed by atoms with E-state index >= 15 is 0 Å². The third-order valence-electron chi connectivity index (χ3n) is 5.68. The molecule has 0 aliphatic carbocycles. The Labute approximate surface area is 164 Å². The number of carboxylic acids is 2. The van der Waals surface area contributed by atoms with Crippen molar-refractivity contribution in [1.29, 1.82) is 0 Å². The normalized spacial score (nSPS) is 18.5. The number of carbonyl (C=O) groups is 2. The summed E-state index contributed by atoms with van der Waals surface area (Å²) in [5.74, 6) is -1.84. The van der Waals surface area contributed by atoms with Gasteiger partial charge in [0, 0.05) is 12.7 Å². The summed E-state index contributed by atoms with van der Waals surface area (Å²) in [4.78, 5) is 24.7. The molecule has 0 radical (unpaired) electrons. The zero-order chi connectivity index (χ0) is 20.6. The van der Waals surface area contributed by atoms with Crippen LogP contribution in [0.4, 0.5) is 11.4 Å². The number of rotatable bonds is 5. The van der Waals surface area contributed by atoms with Crippen molar-refractivity contribution in [2.24, 2.45) is 0 Å². The fourth-order valence-corrected chi connectivity index (χ4v) is 3.85. The molecule has 1 aliphatic heterocycles. The molecule has 1 aliphatic rings. The number of likely N-dealkylation sites (N-methyl/N-ethyl adjacent to an activating group) is 1. The Kier molecular flexibility index (Phi) is 5.06. The Bertz CT molecular complexity index is 923. The quantitative estimate of drug-likeness (QED) is 0.720. The number of aliphatic carboxylic acids is 1. The van der Waals surface area contributed by atoms with E-state index in [9.17, 15) is 19.8 Å². The minimum absolute atomic E-state index is 0.0727. The van der Waals surface area contributed by atoms with E-state index < -0.39 is 18.0 Å². The first-order valence-electron chi connectivity index (χ1n) is 9.31. The highest BCUT2D eigenvalue weighted by Crippen LogP contribution is 2.45. The summed E-state index contributed by atoms with van der Waals surface area (Å²) in [5.41, 5.74) is 3.53. The largest absolute Gasteiger partial charge is 0.480 e. The molecule has 0 spiro atoms. The number of benzene rings is 2. The first kappa shape index (κ1) is 19.7. The van der Waals surface area contributed by atoms with Gasteiger partial charge in [-0.2, -0.15) is 0 Å². The number of hydrogen-bond acceptors (Lipinski definition) is 4. The van der Waals surface area contributed by atoms with Crippen LogP contribution >= 0.6 is 0 Å². The van der Waals surface area contributed by atoms with Crippen LogP contribution < -0.4 is 10.2 Å². The summed E-state index contributed by atoms with van der Waals surface area (Å²) < 4.78 is 0. The molecule has 2 aromatic carbocycles. The van der Waals surface area contributed by atoms with Crippen molar-refractivity contribution in [3.05, 3.63) is 59.2 Å². The fourth-order valence-electron chi connectivity index (χ4n) is 3.85. The van der Waals surface area contributed by atoms with Crippen LogP contribution in [-0.4, -0.2) is 35.2 Å². The number of aromatic carboxylic acids is 1. The van der Waals surface area contributed by atoms with E-state index in [0.29, 0.717) is 5.69 Å². The van der Waals surface area contributed by atoms with E-state index in [0.717, 1.165) is 23.2 Å². The molecule has 0 saturated heterocycles. The highest BCUT2D eigenvalue weighted by Gasteiger charge is 2.35. The van der Waals surface area contributed by atoms with Crippen molar-refractivity contribution >= 4 is 23.3 Å². The second-order valence-electron chi connectivity index (χ2n) is 8.04. The van der Waals surface area contributed by atoms with Crippen molar-refractivity contribution in [3.8, 4) is 0 Å². The standard InChI is InChI=1S/C22H26N2O4/c1-13(20(25)26)24(4)15-8-5-7-14(11-15)18-12-22(2,3)17-10-6-9-16(21(27)28)19(17)23-18/h5-11,13,18,23H,12H2,1-4H3,(H,25,26)(H,27,28). The fraction of sp³-hybridized carbons (Fsp3) is 0.364. The van der Waals surface area contributed by atoms with E-state index in [1.54, 1.807) is 31.0 Å². The van der Waals surface area contributed by atoms with Gasteiger partial charge in [-0.1, -0.05) is 38.1 Å². The Morgan fingerprint density at radius 3 is 2.50 bits per heavy atom. The molecule has 0 amide bonds. The van der Waals surface area contributed by atoms with Crippen LogP contribution in [0.5, 0.6) is 0 Å². The molecule has 2 unspecified atom stereocenters. The van der Waals surface area contributed by atoms with Crippen LogP contribution in [0.2, 0.25) is 0 Å². The van der Waals surface area contributed by atoms with Crippen molar-refractivity contribution in [2.75, 3.05) is 17.3 Å². The number of nitrogens with one attached hydrogen (secondary N) is 1. The second-order valence-corrected chi connectivity index (χ2v) is 8.04. The summed E-state index contributed by atoms with van der Waals surface area (Å²) in [7, 11) is 1.76. The molecule has 0 fully saturated rings. The summed E-state index contributed by atoms with van der Waals surface area (Å²) in [6, 6.07) is 12.4. The predicted molar refractivity (Wildman–Crippen MR) is 109 cm³/mol. The Morgan fingerprint density at radius 1 is 1.18 bits per heavy atom. The molecule has 6 nitrogen and oxygen atoms in total. The van der Waals surface area contributed by atoms with E-state index in [2.05, 4.69) is 19.2 Å². The van der Waals surface area contributed by atoms with Gasteiger partial charge in [0.2, 0.25) is 0 Å². The minimum atomic E-state index is -0.954. The van der Waals surface area contributed by atoms with Gasteiger partial charge >= 0.3 is 11.9 Å². The van der Waals surface area contributed by atoms with E-state index in [-0.39, 0.29) is 17.0 Å². The molecule has 0 bridgehead atoms. The third-order valence-corrected chi connectivity index (χ3v) is 5.68. The van der Waals surface area contributed by atoms with Gasteiger partial charge in [-0.05, 0) is 48.1 Å². The van der Waals surface area contributed by atoms with Crippen molar-refractivity contribution < 1.29 is 19.8 Å². The summed E-state index contributed by atoms with van der Waals surface area (Å²) in [6.45, 7) is 5.88. The average Bonchev–Trinajstić information content (AvgIpc) is 2.65. The number of anilines is 2. The van der Waals surface area contributed by atoms with Crippen LogP contribution in [-0.2, 0) is 10.2 Å². The second kappa shape index (κ2) is 7.19. The van der Waals surface area contributed by atoms with Gasteiger partial charge in [-0.15, -0.1) is 0 Å². The van der Waals surface area contributed by atoms with Gasteiger partial charge in [0.05, 0.1) is 17.3 Å². The van der Waals surface area contributed by atoms with Gasteiger partial charge in [0.25, 0.3) is 0 Å². The average molecular weight is 382 g/mol. The lowest BCUT2D eigenvalue weighted by molar-refractivity contribution is -0.138. The van der Waals surface area contributed by atoms with Crippen molar-refractivity contribution in [1.82, 2.24) is 0 Å². The van der Waals surface area contributed by atoms with E-state index in [1.807, 2.05) is 30.3 Å². The number of fused-ring (bicyclic) bond motifs is 1. The highest BCUT2D eigenvalue weighted by molar-refractivity contribution is 5.95. The summed E-state index contributed by atoms with van der Waals surface area (Å²) in [6.07, 6.45) is 0.796. The maximum Gasteiger partial charge on any atom is 0.337 e. The van der Waals surface area contributed by atoms with Crippen molar-refractivity contribution in [3.63, 3.8) is 0 Å². The molecule has 28 heavy (non-hydrogen) atoms. The summed E-state index contributed by atoms with van der Waals surface area (Å²) >= 11 is 0. The molecule has 3 N–H and O–H groups in total. The van der Waals surface area contributed by atoms with Gasteiger partial charge in [0.15, 0.2) is 0 Å². The van der Waals surface area contributed by atoms with Crippen LogP contribution in [0.25, 0.3) is 0 Å². The zero-order valence-corrected chi connectivity index (χ0v) is 16.6. The lowest BCUT2D eigenvalue weighted by Gasteiger charge is -2.39. The summed E-state index contributed by atoms with van der Waals surface area (Å²) in [5, 5.41) is 22.3. The molecule has 0 saturated carbocycles. The van der Waals surface area contributed by atoms with Gasteiger partial charge in [-0.3, -0.25) is 0 Å². The molecule has 2 aromatic rings. The molecule has 6 heteroatoms. The molecule has 2 atom stereocenters. The Morgan fingerprint density at radius 2 is 1.86 bits per heavy atom. The number of carboxylic acid groups (broad SMARTS) is 2. The maximum atomic E-state index is 11.7. The number of para-hydroxylation sites is 1. The van der Waals surface area contributed by atoms with Gasteiger partial charge in [0.1, 0.15) is 6.04 Å². The molecule has 0 aromatic heterocycles. The zero-order valence-electron chi connectivity index (χ0n) is 16.6. The first-order valence-corrected chi connectivity index (χ1v) is 9.31. The van der Waals surface area contributed by atoms with Crippen LogP contribution in [0, 0.1) is 0 Å². The molecular formula is C22H26N2O4. The van der Waals surface area contributed by atoms with E-state index in [4.69, 9.17) is 0 Å². The first-order chi connectivity index (χ1) is 13.1. The lowest BCUT2D eigenvalue weighted by Crippen LogP contribution is -2.36. The predicted octanol–water partition coefficient (Wildman–Crippen LogP) is 4.13. The highest BCUT2D eigenvalue weighted by atomic mass is 16.4. The lowest BCUT2D eigenvalue weighted by atomic mass is 9.73. The van der Waals surface area contributed by atoms with Gasteiger partial charge < -0.3 is 20.4 Å².